The molecule has 622 valence electrons. The van der Waals surface area contributed by atoms with Crippen LogP contribution in [0.2, 0.25) is 35.2 Å². The van der Waals surface area contributed by atoms with Crippen LogP contribution in [0.25, 0.3) is 0 Å². The number of methoxy groups -OCH3 is 1. The normalized spacial score (nSPS) is 12.6. The molecule has 119 heavy (non-hydrogen) atoms. The van der Waals surface area contributed by atoms with E-state index in [0.717, 1.165) is 11.1 Å². The number of amides is 3. The number of anilines is 8. The standard InChI is InChI=1S/C21H21Cl2N5O3S.C21H22ClN5O3S.C19H19Cl2N3O5S.C18H12Cl2N2O3S/c1-12(2)28(19-6-4-5-18(24)26-19)21(29)20-17(10-14(22)11-25-20)27-32(30,31)15-7-8-16(23)13(3)9-15;1-4-27(19-7-5-6-18(23)25-19)21(28)20-17(11-15(22)12-24-20)26-31(29,30)16-9-8-13(2)14(3)10-16;1-11-8-13(5-6-14(11)21)30(27,28)23-15-9-12(20)10-22-17(15)18(25)24-7-3-4-16(24)19(26)29-2;19-15-7-6-13(10-16(15)20)26(24,25)22-17-8-9-21-11-14(17)18(23)12-4-2-1-3-5-12/h4-12,27H,1-3H3,(H2,24,26);5-12,26H,4H2,1-3H3,(H2,23,25);5-6,8-10,16,23H,3-4,7H2,1-2H3;1-11H,(H,21,22)/t;;16-;/m..0./s1. The Balaban J connectivity index is 0.000000181. The van der Waals surface area contributed by atoms with Gasteiger partial charge in [-0.3, -0.25) is 52.9 Å². The fourth-order valence-corrected chi connectivity index (χ4v) is 16.9. The van der Waals surface area contributed by atoms with Crippen LogP contribution < -0.4 is 40.2 Å². The second kappa shape index (κ2) is 39.8. The number of aryl methyl sites for hydroxylation is 4. The SMILES string of the molecule is CCN(C(=O)c1ncc(Cl)cc1NS(=O)(=O)c1ccc(C)c(C)c1)c1cccc(N)n1.COC(=O)[C@@H]1CCCN1C(=O)c1ncc(Cl)cc1NS(=O)(=O)c1ccc(Cl)c(C)c1.Cc1cc(S(=O)(=O)Nc2cc(Cl)cnc2C(=O)N(c2cccc(N)n2)C(C)C)ccc1Cl.O=C(c1ccccc1)c1cnccc1NS(=O)(=O)c1ccc(Cl)c(Cl)c1. The molecular formula is C79H74Cl7N15O14S4. The lowest BCUT2D eigenvalue weighted by Crippen LogP contribution is -2.41. The zero-order chi connectivity index (χ0) is 87.2. The van der Waals surface area contributed by atoms with Crippen molar-refractivity contribution >= 4 is 197 Å². The Morgan fingerprint density at radius 1 is 0.496 bits per heavy atom. The Bertz CT molecular complexity index is 6190. The quantitative estimate of drug-likeness (QED) is 0.0271. The molecule has 0 radical (unpaired) electrons. The predicted molar refractivity (Wildman–Crippen MR) is 463 cm³/mol. The molecule has 8 N–H and O–H groups in total. The number of nitrogen functional groups attached to an aromatic ring is 2. The van der Waals surface area contributed by atoms with E-state index in [2.05, 4.69) is 48.8 Å². The maximum Gasteiger partial charge on any atom is 0.328 e. The highest BCUT2D eigenvalue weighted by atomic mass is 35.5. The van der Waals surface area contributed by atoms with Gasteiger partial charge in [0.05, 0.1) is 80.1 Å². The number of pyridine rings is 6. The topological polar surface area (TPSA) is 418 Å². The lowest BCUT2D eigenvalue weighted by molar-refractivity contribution is -0.145. The van der Waals surface area contributed by atoms with Crippen LogP contribution in [0.1, 0.15) is 103 Å². The first-order valence-electron chi connectivity index (χ1n) is 35.3. The van der Waals surface area contributed by atoms with Gasteiger partial charge in [0, 0.05) is 65.7 Å². The lowest BCUT2D eigenvalue weighted by Gasteiger charge is -2.26. The summed E-state index contributed by atoms with van der Waals surface area (Å²) in [6, 6.07) is 39.9. The van der Waals surface area contributed by atoms with Gasteiger partial charge in [-0.15, -0.1) is 0 Å². The molecule has 0 spiro atoms. The number of hydrogen-bond donors (Lipinski definition) is 6. The number of nitrogens with one attached hydrogen (secondary N) is 4. The molecule has 1 atom stereocenters. The summed E-state index contributed by atoms with van der Waals surface area (Å²) in [5.74, 6) is -1.46. The molecule has 0 saturated carbocycles. The van der Waals surface area contributed by atoms with Gasteiger partial charge in [-0.05, 0) is 199 Å². The first-order valence-corrected chi connectivity index (χ1v) is 43.9. The number of hydrogen-bond acceptors (Lipinski definition) is 22. The summed E-state index contributed by atoms with van der Waals surface area (Å²) in [6.07, 6.45) is 7.58. The molecule has 12 rings (SSSR count). The van der Waals surface area contributed by atoms with E-state index in [-0.39, 0.29) is 120 Å². The maximum absolute atomic E-state index is 13.4. The van der Waals surface area contributed by atoms with Crippen molar-refractivity contribution in [3.8, 4) is 0 Å². The molecule has 6 aromatic heterocycles. The van der Waals surface area contributed by atoms with E-state index in [9.17, 15) is 57.6 Å². The Morgan fingerprint density at radius 3 is 1.41 bits per heavy atom. The molecule has 1 aliphatic rings. The number of carbonyl (C=O) groups excluding carboxylic acids is 5. The largest absolute Gasteiger partial charge is 0.467 e. The summed E-state index contributed by atoms with van der Waals surface area (Å²) in [7, 11) is -14.8. The van der Waals surface area contributed by atoms with Crippen LogP contribution >= 0.6 is 81.2 Å². The number of nitrogens with two attached hydrogens (primary N) is 2. The molecule has 1 aliphatic heterocycles. The smallest absolute Gasteiger partial charge is 0.328 e. The van der Waals surface area contributed by atoms with E-state index in [1.165, 1.54) is 138 Å². The maximum atomic E-state index is 13.4. The molecule has 40 heteroatoms. The summed E-state index contributed by atoms with van der Waals surface area (Å²) < 4.78 is 117. The van der Waals surface area contributed by atoms with E-state index >= 15 is 0 Å². The van der Waals surface area contributed by atoms with E-state index in [4.69, 9.17) is 97.4 Å². The van der Waals surface area contributed by atoms with E-state index in [1.54, 1.807) is 113 Å². The van der Waals surface area contributed by atoms with Crippen molar-refractivity contribution in [3.63, 3.8) is 0 Å². The van der Waals surface area contributed by atoms with Gasteiger partial charge in [0.1, 0.15) is 29.3 Å². The van der Waals surface area contributed by atoms with Crippen molar-refractivity contribution in [2.24, 2.45) is 0 Å². The number of ether oxygens (including phenoxy) is 1. The second-order valence-corrected chi connectivity index (χ2v) is 35.8. The van der Waals surface area contributed by atoms with E-state index in [1.807, 2.05) is 13.8 Å². The van der Waals surface area contributed by atoms with Crippen molar-refractivity contribution in [3.05, 3.63) is 280 Å². The molecule has 1 saturated heterocycles. The Morgan fingerprint density at radius 2 is 0.941 bits per heavy atom. The highest BCUT2D eigenvalue weighted by Gasteiger charge is 2.38. The van der Waals surface area contributed by atoms with Crippen LogP contribution in [-0.2, 0) is 49.6 Å². The molecule has 0 unspecified atom stereocenters. The minimum absolute atomic E-state index is 0.0176. The summed E-state index contributed by atoms with van der Waals surface area (Å²) in [6.45, 7) is 13.0. The third-order valence-electron chi connectivity index (χ3n) is 17.4. The summed E-state index contributed by atoms with van der Waals surface area (Å²) in [5.41, 5.74) is 14.6. The number of halogens is 7. The summed E-state index contributed by atoms with van der Waals surface area (Å²) >= 11 is 41.8. The molecular weight excluding hydrogens is 1760 g/mol. The van der Waals surface area contributed by atoms with E-state index in [0.29, 0.717) is 57.8 Å². The molecule has 1 fully saturated rings. The predicted octanol–water partition coefficient (Wildman–Crippen LogP) is 16.0. The van der Waals surface area contributed by atoms with Gasteiger partial charge in [-0.25, -0.2) is 63.4 Å². The summed E-state index contributed by atoms with van der Waals surface area (Å²) in [5, 5.41) is 1.70. The molecule has 0 bridgehead atoms. The van der Waals surface area contributed by atoms with Crippen molar-refractivity contribution in [1.82, 2.24) is 34.8 Å². The number of nitrogens with zero attached hydrogens (tertiary/aromatic N) is 9. The molecule has 0 aliphatic carbocycles. The van der Waals surface area contributed by atoms with Gasteiger partial charge in [0.2, 0.25) is 0 Å². The van der Waals surface area contributed by atoms with Gasteiger partial charge in [-0.2, -0.15) is 0 Å². The third kappa shape index (κ3) is 23.4. The fraction of sp³-hybridized carbons (Fsp3) is 0.177. The second-order valence-electron chi connectivity index (χ2n) is 26.2. The van der Waals surface area contributed by atoms with Crippen LogP contribution in [0.4, 0.5) is 46.0 Å². The van der Waals surface area contributed by atoms with Crippen LogP contribution in [0.15, 0.2) is 214 Å². The lowest BCUT2D eigenvalue weighted by atomic mass is 10.0. The van der Waals surface area contributed by atoms with E-state index < -0.39 is 69.8 Å². The zero-order valence-electron chi connectivity index (χ0n) is 64.1. The van der Waals surface area contributed by atoms with Crippen molar-refractivity contribution in [2.45, 2.75) is 93.0 Å². The van der Waals surface area contributed by atoms with Crippen LogP contribution in [0.5, 0.6) is 0 Å². The molecule has 29 nitrogen and oxygen atoms in total. The Kier molecular flexibility index (Phi) is 30.8. The number of ketones is 1. The Hall–Kier alpha value is -10.8. The number of aromatic nitrogens is 6. The number of carbonyl (C=O) groups is 5. The first kappa shape index (κ1) is 92.1. The highest BCUT2D eigenvalue weighted by molar-refractivity contribution is 7.93. The number of likely N-dealkylation sites (tertiary alicyclic amines) is 1. The minimum atomic E-state index is -4.06. The fourth-order valence-electron chi connectivity index (χ4n) is 11.3. The Labute approximate surface area is 722 Å². The van der Waals surface area contributed by atoms with Crippen LogP contribution in [0.3, 0.4) is 0 Å². The minimum Gasteiger partial charge on any atom is -0.467 e. The number of sulfonamides is 4. The number of esters is 1. The average molecular weight is 1830 g/mol. The zero-order valence-corrected chi connectivity index (χ0v) is 72.7. The monoisotopic (exact) mass is 1830 g/mol. The van der Waals surface area contributed by atoms with Crippen molar-refractivity contribution in [1.29, 1.82) is 0 Å². The van der Waals surface area contributed by atoms with Crippen molar-refractivity contribution < 1.29 is 62.4 Å². The number of benzene rings is 5. The molecule has 11 aromatic rings. The summed E-state index contributed by atoms with van der Waals surface area (Å²) in [4.78, 5) is 93.0. The van der Waals surface area contributed by atoms with Gasteiger partial charge < -0.3 is 21.1 Å². The van der Waals surface area contributed by atoms with Gasteiger partial charge >= 0.3 is 5.97 Å². The van der Waals surface area contributed by atoms with Gasteiger partial charge in [0.25, 0.3) is 57.8 Å². The van der Waals surface area contributed by atoms with Crippen LogP contribution in [0, 0.1) is 27.7 Å². The number of rotatable bonds is 22. The molecule has 7 heterocycles. The first-order chi connectivity index (χ1) is 56.1. The third-order valence-corrected chi connectivity index (χ3v) is 25.1. The van der Waals surface area contributed by atoms with Gasteiger partial charge in [-0.1, -0.05) is 130 Å². The highest BCUT2D eigenvalue weighted by Crippen LogP contribution is 2.34. The van der Waals surface area contributed by atoms with Crippen LogP contribution in [-0.4, -0.2) is 130 Å². The molecule has 5 aromatic carbocycles. The van der Waals surface area contributed by atoms with Crippen molar-refractivity contribution in [2.75, 3.05) is 60.4 Å². The molecule has 3 amide bonds. The van der Waals surface area contributed by atoms with Gasteiger partial charge in [0.15, 0.2) is 22.9 Å². The average Bonchev–Trinajstić information content (AvgIpc) is 1.19.